The SMILES string of the molecule is CCOC(=O)C(C(=O)NCCS(=O)(=O)N(C)C)C(C)(C)C. The van der Waals surface area contributed by atoms with Crippen LogP contribution in [0.2, 0.25) is 0 Å². The van der Waals surface area contributed by atoms with E-state index in [-0.39, 0.29) is 18.9 Å². The molecule has 0 aliphatic carbocycles. The summed E-state index contributed by atoms with van der Waals surface area (Å²) in [5, 5.41) is 2.49. The fraction of sp³-hybridized carbons (Fsp3) is 0.846. The molecule has 0 rings (SSSR count). The highest BCUT2D eigenvalue weighted by Crippen LogP contribution is 2.27. The number of esters is 1. The minimum absolute atomic E-state index is 0.0503. The first kappa shape index (κ1) is 19.9. The topological polar surface area (TPSA) is 92.8 Å². The summed E-state index contributed by atoms with van der Waals surface area (Å²) in [5.74, 6) is -2.31. The number of hydrogen-bond donors (Lipinski definition) is 1. The van der Waals surface area contributed by atoms with Crippen molar-refractivity contribution in [2.75, 3.05) is 33.0 Å². The van der Waals surface area contributed by atoms with Crippen molar-refractivity contribution in [3.63, 3.8) is 0 Å². The van der Waals surface area contributed by atoms with Crippen molar-refractivity contribution in [1.82, 2.24) is 9.62 Å². The third kappa shape index (κ3) is 6.43. The first-order valence-corrected chi connectivity index (χ1v) is 8.39. The molecule has 0 bridgehead atoms. The lowest BCUT2D eigenvalue weighted by atomic mass is 9.80. The Labute approximate surface area is 127 Å². The van der Waals surface area contributed by atoms with Gasteiger partial charge in [0.25, 0.3) is 0 Å². The van der Waals surface area contributed by atoms with Gasteiger partial charge in [0.05, 0.1) is 12.4 Å². The second-order valence-electron chi connectivity index (χ2n) is 5.94. The largest absolute Gasteiger partial charge is 0.465 e. The Kier molecular flexibility index (Phi) is 7.32. The smallest absolute Gasteiger partial charge is 0.319 e. The normalized spacial score (nSPS) is 13.9. The van der Waals surface area contributed by atoms with Gasteiger partial charge in [-0.2, -0.15) is 0 Å². The average Bonchev–Trinajstić information content (AvgIpc) is 2.26. The monoisotopic (exact) mass is 322 g/mol. The molecule has 124 valence electrons. The van der Waals surface area contributed by atoms with Crippen LogP contribution in [0.4, 0.5) is 0 Å². The van der Waals surface area contributed by atoms with Gasteiger partial charge in [-0.25, -0.2) is 12.7 Å². The molecule has 8 heteroatoms. The molecule has 0 aromatic carbocycles. The molecule has 0 aromatic heterocycles. The van der Waals surface area contributed by atoms with E-state index in [9.17, 15) is 18.0 Å². The first-order chi connectivity index (χ1) is 9.43. The van der Waals surface area contributed by atoms with Crippen molar-refractivity contribution >= 4 is 21.9 Å². The third-order valence-corrected chi connectivity index (χ3v) is 4.70. The first-order valence-electron chi connectivity index (χ1n) is 6.78. The molecular weight excluding hydrogens is 296 g/mol. The zero-order chi connectivity index (χ0) is 16.8. The van der Waals surface area contributed by atoms with Crippen LogP contribution in [0, 0.1) is 11.3 Å². The van der Waals surface area contributed by atoms with Crippen LogP contribution in [0.1, 0.15) is 27.7 Å². The van der Waals surface area contributed by atoms with Crippen LogP contribution >= 0.6 is 0 Å². The molecule has 1 N–H and O–H groups in total. The molecule has 0 radical (unpaired) electrons. The lowest BCUT2D eigenvalue weighted by Crippen LogP contribution is -2.45. The Hall–Kier alpha value is -1.15. The average molecular weight is 322 g/mol. The fourth-order valence-corrected chi connectivity index (χ4v) is 2.39. The van der Waals surface area contributed by atoms with Gasteiger partial charge in [0.1, 0.15) is 5.92 Å². The quantitative estimate of drug-likeness (QED) is 0.534. The Bertz CT molecular complexity index is 465. The van der Waals surface area contributed by atoms with Gasteiger partial charge in [0, 0.05) is 20.6 Å². The van der Waals surface area contributed by atoms with Crippen LogP contribution in [0.3, 0.4) is 0 Å². The Morgan fingerprint density at radius 3 is 2.14 bits per heavy atom. The molecule has 7 nitrogen and oxygen atoms in total. The Morgan fingerprint density at radius 2 is 1.76 bits per heavy atom. The van der Waals surface area contributed by atoms with Gasteiger partial charge in [-0.15, -0.1) is 0 Å². The molecule has 0 aliphatic rings. The Morgan fingerprint density at radius 1 is 1.24 bits per heavy atom. The summed E-state index contributed by atoms with van der Waals surface area (Å²) in [4.78, 5) is 24.0. The van der Waals surface area contributed by atoms with Gasteiger partial charge >= 0.3 is 5.97 Å². The number of nitrogens with one attached hydrogen (secondary N) is 1. The molecule has 1 unspecified atom stereocenters. The molecule has 0 fully saturated rings. The van der Waals surface area contributed by atoms with Crippen LogP contribution < -0.4 is 5.32 Å². The molecule has 0 heterocycles. The van der Waals surface area contributed by atoms with Gasteiger partial charge in [0.15, 0.2) is 0 Å². The van der Waals surface area contributed by atoms with Crippen molar-refractivity contribution in [2.45, 2.75) is 27.7 Å². The van der Waals surface area contributed by atoms with Crippen molar-refractivity contribution < 1.29 is 22.7 Å². The van der Waals surface area contributed by atoms with Crippen LogP contribution in [-0.2, 0) is 24.3 Å². The van der Waals surface area contributed by atoms with E-state index in [2.05, 4.69) is 5.32 Å². The maximum atomic E-state index is 12.1. The predicted molar refractivity (Wildman–Crippen MR) is 80.1 cm³/mol. The zero-order valence-electron chi connectivity index (χ0n) is 13.6. The maximum absolute atomic E-state index is 12.1. The van der Waals surface area contributed by atoms with E-state index >= 15 is 0 Å². The second kappa shape index (κ2) is 7.74. The molecule has 0 aromatic rings. The van der Waals surface area contributed by atoms with Crippen LogP contribution in [-0.4, -0.2) is 57.6 Å². The predicted octanol–water partition coefficient (Wildman–Crippen LogP) is 0.219. The van der Waals surface area contributed by atoms with Gasteiger partial charge in [-0.1, -0.05) is 20.8 Å². The van der Waals surface area contributed by atoms with Crippen LogP contribution in [0.15, 0.2) is 0 Å². The standard InChI is InChI=1S/C13H26N2O5S/c1-7-20-12(17)10(13(2,3)4)11(16)14-8-9-21(18,19)15(5)6/h10H,7-9H2,1-6H3,(H,14,16). The van der Waals surface area contributed by atoms with Gasteiger partial charge in [-0.3, -0.25) is 9.59 Å². The van der Waals surface area contributed by atoms with E-state index in [1.165, 1.54) is 14.1 Å². The van der Waals surface area contributed by atoms with E-state index in [1.807, 2.05) is 0 Å². The highest BCUT2D eigenvalue weighted by molar-refractivity contribution is 7.89. The molecule has 21 heavy (non-hydrogen) atoms. The minimum atomic E-state index is -3.38. The van der Waals surface area contributed by atoms with Crippen molar-refractivity contribution in [3.05, 3.63) is 0 Å². The molecule has 0 saturated heterocycles. The van der Waals surface area contributed by atoms with Crippen molar-refractivity contribution in [2.24, 2.45) is 11.3 Å². The molecule has 1 amide bonds. The van der Waals surface area contributed by atoms with Crippen molar-refractivity contribution in [3.8, 4) is 0 Å². The number of amides is 1. The van der Waals surface area contributed by atoms with E-state index in [1.54, 1.807) is 27.7 Å². The fourth-order valence-electron chi connectivity index (χ4n) is 1.67. The highest BCUT2D eigenvalue weighted by atomic mass is 32.2. The number of carbonyl (C=O) groups excluding carboxylic acids is 2. The van der Waals surface area contributed by atoms with Gasteiger partial charge in [-0.05, 0) is 12.3 Å². The van der Waals surface area contributed by atoms with Crippen LogP contribution in [0.25, 0.3) is 0 Å². The molecule has 0 spiro atoms. The number of nitrogens with zero attached hydrogens (tertiary/aromatic N) is 1. The van der Waals surface area contributed by atoms with E-state index < -0.39 is 33.2 Å². The summed E-state index contributed by atoms with van der Waals surface area (Å²) >= 11 is 0. The van der Waals surface area contributed by atoms with E-state index in [0.29, 0.717) is 0 Å². The number of hydrogen-bond acceptors (Lipinski definition) is 5. The van der Waals surface area contributed by atoms with Gasteiger partial charge < -0.3 is 10.1 Å². The molecule has 0 saturated carbocycles. The third-order valence-electron chi connectivity index (χ3n) is 2.87. The summed E-state index contributed by atoms with van der Waals surface area (Å²) < 4.78 is 29.2. The lowest BCUT2D eigenvalue weighted by Gasteiger charge is -2.27. The molecule has 0 aliphatic heterocycles. The number of carbonyl (C=O) groups is 2. The summed E-state index contributed by atoms with van der Waals surface area (Å²) in [6.45, 7) is 7.07. The van der Waals surface area contributed by atoms with E-state index in [0.717, 1.165) is 4.31 Å². The van der Waals surface area contributed by atoms with Crippen molar-refractivity contribution in [1.29, 1.82) is 0 Å². The second-order valence-corrected chi connectivity index (χ2v) is 8.24. The summed E-state index contributed by atoms with van der Waals surface area (Å²) in [6.07, 6.45) is 0. The minimum Gasteiger partial charge on any atom is -0.465 e. The number of rotatable bonds is 7. The summed E-state index contributed by atoms with van der Waals surface area (Å²) in [7, 11) is -0.534. The summed E-state index contributed by atoms with van der Waals surface area (Å²) in [5.41, 5.74) is -0.614. The summed E-state index contributed by atoms with van der Waals surface area (Å²) in [6, 6.07) is 0. The lowest BCUT2D eigenvalue weighted by molar-refractivity contribution is -0.156. The molecular formula is C13H26N2O5S. The van der Waals surface area contributed by atoms with Crippen LogP contribution in [0.5, 0.6) is 0 Å². The number of sulfonamides is 1. The zero-order valence-corrected chi connectivity index (χ0v) is 14.4. The Balaban J connectivity index is 4.76. The molecule has 1 atom stereocenters. The number of ether oxygens (including phenoxy) is 1. The highest BCUT2D eigenvalue weighted by Gasteiger charge is 2.38. The van der Waals surface area contributed by atoms with Gasteiger partial charge in [0.2, 0.25) is 15.9 Å². The maximum Gasteiger partial charge on any atom is 0.319 e. The van der Waals surface area contributed by atoms with E-state index in [4.69, 9.17) is 4.74 Å².